The van der Waals surface area contributed by atoms with Gasteiger partial charge in [-0.3, -0.25) is 9.59 Å². The molecule has 1 unspecified atom stereocenters. The fourth-order valence-electron chi connectivity index (χ4n) is 3.91. The topological polar surface area (TPSA) is 107 Å². The third-order valence-electron chi connectivity index (χ3n) is 5.70. The molecule has 1 heterocycles. The summed E-state index contributed by atoms with van der Waals surface area (Å²) in [6, 6.07) is 14.3. The fourth-order valence-corrected chi connectivity index (χ4v) is 5.05. The largest absolute Gasteiger partial charge is 0.480 e. The zero-order chi connectivity index (χ0) is 23.5. The molecule has 2 aromatic rings. The molecule has 3 atom stereocenters. The first-order valence-corrected chi connectivity index (χ1v) is 11.4. The van der Waals surface area contributed by atoms with Gasteiger partial charge in [0.1, 0.15) is 6.04 Å². The maximum Gasteiger partial charge on any atom is 0.327 e. The van der Waals surface area contributed by atoms with E-state index in [1.54, 1.807) is 26.0 Å². The second-order valence-corrected chi connectivity index (χ2v) is 10.1. The number of aliphatic hydroxyl groups excluding tert-OH is 1. The lowest BCUT2D eigenvalue weighted by molar-refractivity contribution is -0.154. The number of carbonyl (C=O) groups is 3. The summed E-state index contributed by atoms with van der Waals surface area (Å²) in [6.07, 6.45) is -1.38. The predicted octanol–water partition coefficient (Wildman–Crippen LogP) is 2.46. The van der Waals surface area contributed by atoms with Gasteiger partial charge >= 0.3 is 5.97 Å². The van der Waals surface area contributed by atoms with Crippen LogP contribution in [0.3, 0.4) is 0 Å². The Bertz CT molecular complexity index is 995. The number of hydrogen-bond acceptors (Lipinski definition) is 5. The van der Waals surface area contributed by atoms with E-state index in [0.29, 0.717) is 5.56 Å². The van der Waals surface area contributed by atoms with Crippen LogP contribution >= 0.6 is 11.8 Å². The Kier molecular flexibility index (Phi) is 7.26. The molecule has 0 aromatic heterocycles. The number of carbonyl (C=O) groups excluding carboxylic acids is 2. The van der Waals surface area contributed by atoms with Crippen LogP contribution in [0.4, 0.5) is 0 Å². The zero-order valence-electron chi connectivity index (χ0n) is 18.3. The molecular weight excluding hydrogens is 428 g/mol. The van der Waals surface area contributed by atoms with Crippen LogP contribution in [0, 0.1) is 6.92 Å². The molecule has 170 valence electrons. The molecule has 2 amide bonds. The van der Waals surface area contributed by atoms with E-state index in [4.69, 9.17) is 0 Å². The highest BCUT2D eigenvalue weighted by molar-refractivity contribution is 8.00. The van der Waals surface area contributed by atoms with Gasteiger partial charge in [-0.05, 0) is 44.4 Å². The Morgan fingerprint density at radius 1 is 1.12 bits per heavy atom. The summed E-state index contributed by atoms with van der Waals surface area (Å²) in [5, 5.41) is 23.5. The summed E-state index contributed by atoms with van der Waals surface area (Å²) in [5.74, 6) is -2.07. The second kappa shape index (κ2) is 9.75. The smallest absolute Gasteiger partial charge is 0.327 e. The van der Waals surface area contributed by atoms with Gasteiger partial charge in [-0.2, -0.15) is 0 Å². The highest BCUT2D eigenvalue weighted by atomic mass is 32.2. The van der Waals surface area contributed by atoms with Crippen LogP contribution in [-0.2, 0) is 16.0 Å². The van der Waals surface area contributed by atoms with E-state index in [1.165, 1.54) is 16.7 Å². The molecule has 8 heteroatoms. The summed E-state index contributed by atoms with van der Waals surface area (Å²) in [4.78, 5) is 39.2. The maximum atomic E-state index is 13.2. The Labute approximate surface area is 191 Å². The molecule has 7 nitrogen and oxygen atoms in total. The van der Waals surface area contributed by atoms with Crippen molar-refractivity contribution in [3.05, 3.63) is 71.3 Å². The van der Waals surface area contributed by atoms with Crippen molar-refractivity contribution in [3.8, 4) is 0 Å². The van der Waals surface area contributed by atoms with Crippen LogP contribution in [0.2, 0.25) is 0 Å². The van der Waals surface area contributed by atoms with E-state index >= 15 is 0 Å². The highest BCUT2D eigenvalue weighted by Crippen LogP contribution is 2.39. The van der Waals surface area contributed by atoms with Crippen molar-refractivity contribution in [1.29, 1.82) is 0 Å². The normalized spacial score (nSPS) is 19.2. The first-order chi connectivity index (χ1) is 15.1. The third kappa shape index (κ3) is 5.14. The minimum Gasteiger partial charge on any atom is -0.480 e. The Balaban J connectivity index is 1.86. The highest BCUT2D eigenvalue weighted by Gasteiger charge is 2.50. The number of carboxylic acids is 1. The number of rotatable bonds is 7. The predicted molar refractivity (Wildman–Crippen MR) is 123 cm³/mol. The van der Waals surface area contributed by atoms with E-state index in [1.807, 2.05) is 49.4 Å². The average Bonchev–Trinajstić information content (AvgIpc) is 3.08. The molecule has 3 rings (SSSR count). The number of amides is 2. The van der Waals surface area contributed by atoms with Gasteiger partial charge in [-0.1, -0.05) is 48.5 Å². The quantitative estimate of drug-likeness (QED) is 0.591. The second-order valence-electron chi connectivity index (χ2n) is 8.46. The summed E-state index contributed by atoms with van der Waals surface area (Å²) >= 11 is 1.34. The number of aryl methyl sites for hydroxylation is 1. The van der Waals surface area contributed by atoms with Crippen molar-refractivity contribution in [2.45, 2.75) is 50.1 Å². The lowest BCUT2D eigenvalue weighted by Gasteiger charge is -2.31. The van der Waals surface area contributed by atoms with Crippen LogP contribution in [0.25, 0.3) is 0 Å². The minimum atomic E-state index is -1.60. The van der Waals surface area contributed by atoms with Crippen molar-refractivity contribution < 1.29 is 24.6 Å². The maximum absolute atomic E-state index is 13.2. The lowest BCUT2D eigenvalue weighted by atomic mass is 9.97. The Morgan fingerprint density at radius 2 is 1.75 bits per heavy atom. The van der Waals surface area contributed by atoms with Crippen molar-refractivity contribution in [2.75, 3.05) is 5.88 Å². The summed E-state index contributed by atoms with van der Waals surface area (Å²) < 4.78 is -0.694. The van der Waals surface area contributed by atoms with Crippen LogP contribution in [0.5, 0.6) is 0 Å². The molecule has 0 saturated carbocycles. The number of benzene rings is 2. The number of carboxylic acid groups (broad SMARTS) is 1. The van der Waals surface area contributed by atoms with Gasteiger partial charge in [0.05, 0.1) is 11.9 Å². The van der Waals surface area contributed by atoms with Gasteiger partial charge < -0.3 is 20.4 Å². The summed E-state index contributed by atoms with van der Waals surface area (Å²) in [6.45, 7) is 5.33. The number of aliphatic carboxylic acids is 1. The first-order valence-electron chi connectivity index (χ1n) is 10.4. The molecule has 1 fully saturated rings. The molecule has 0 bridgehead atoms. The number of aliphatic hydroxyl groups is 1. The molecule has 2 aromatic carbocycles. The van der Waals surface area contributed by atoms with E-state index in [9.17, 15) is 24.6 Å². The Morgan fingerprint density at radius 3 is 2.38 bits per heavy atom. The van der Waals surface area contributed by atoms with Crippen LogP contribution in [0.15, 0.2) is 54.6 Å². The molecule has 3 N–H and O–H groups in total. The fraction of sp³-hybridized carbons (Fsp3) is 0.375. The molecule has 1 aliphatic rings. The van der Waals surface area contributed by atoms with Crippen molar-refractivity contribution in [1.82, 2.24) is 10.2 Å². The van der Waals surface area contributed by atoms with Crippen LogP contribution in [0.1, 0.15) is 35.3 Å². The van der Waals surface area contributed by atoms with E-state index in [-0.39, 0.29) is 12.3 Å². The number of hydrogen-bond donors (Lipinski definition) is 3. The summed E-state index contributed by atoms with van der Waals surface area (Å²) in [5.41, 5.74) is 2.06. The molecule has 32 heavy (non-hydrogen) atoms. The van der Waals surface area contributed by atoms with E-state index in [0.717, 1.165) is 11.1 Å². The van der Waals surface area contributed by atoms with Crippen molar-refractivity contribution in [3.63, 3.8) is 0 Å². The molecule has 1 saturated heterocycles. The third-order valence-corrected chi connectivity index (χ3v) is 7.08. The summed E-state index contributed by atoms with van der Waals surface area (Å²) in [7, 11) is 0. The van der Waals surface area contributed by atoms with Gasteiger partial charge in [0.25, 0.3) is 11.8 Å². The SMILES string of the molecule is Cc1ccccc1C(=O)N[C@@H](Cc1ccccc1)[C@H](O)C(=O)N1CSC(C)(C)C1C(=O)O. The van der Waals surface area contributed by atoms with E-state index in [2.05, 4.69) is 5.32 Å². The number of nitrogens with one attached hydrogen (secondary N) is 1. The molecule has 0 aliphatic carbocycles. The van der Waals surface area contributed by atoms with Crippen molar-refractivity contribution in [2.24, 2.45) is 0 Å². The van der Waals surface area contributed by atoms with Gasteiger partial charge in [0.15, 0.2) is 6.10 Å². The zero-order valence-corrected chi connectivity index (χ0v) is 19.1. The molecule has 0 radical (unpaired) electrons. The molecule has 0 spiro atoms. The van der Waals surface area contributed by atoms with Gasteiger partial charge in [-0.15, -0.1) is 11.8 Å². The van der Waals surface area contributed by atoms with Gasteiger partial charge in [-0.25, -0.2) is 4.79 Å². The number of thioether (sulfide) groups is 1. The molecular formula is C24H28N2O5S. The standard InChI is InChI=1S/C24H28N2O5S/c1-15-9-7-8-12-17(15)21(28)25-18(13-16-10-5-4-6-11-16)19(27)22(29)26-14-32-24(2,3)20(26)23(30)31/h4-12,18-20,27H,13-14H2,1-3H3,(H,25,28)(H,30,31)/t18-,19-,20?/m0/s1. The van der Waals surface area contributed by atoms with Crippen LogP contribution in [-0.4, -0.2) is 61.7 Å². The van der Waals surface area contributed by atoms with Crippen LogP contribution < -0.4 is 5.32 Å². The molecule has 1 aliphatic heterocycles. The Hall–Kier alpha value is -2.84. The monoisotopic (exact) mass is 456 g/mol. The lowest BCUT2D eigenvalue weighted by Crippen LogP contribution is -2.57. The minimum absolute atomic E-state index is 0.156. The van der Waals surface area contributed by atoms with Gasteiger partial charge in [0, 0.05) is 10.3 Å². The van der Waals surface area contributed by atoms with E-state index < -0.39 is 40.7 Å². The number of nitrogens with zero attached hydrogens (tertiary/aromatic N) is 1. The average molecular weight is 457 g/mol. The van der Waals surface area contributed by atoms with Gasteiger partial charge in [0.2, 0.25) is 0 Å². The first kappa shape index (κ1) is 23.8. The van der Waals surface area contributed by atoms with Crippen molar-refractivity contribution >= 4 is 29.5 Å².